The van der Waals surface area contributed by atoms with Gasteiger partial charge in [0.15, 0.2) is 0 Å². The maximum Gasteiger partial charge on any atom is 0.336 e. The van der Waals surface area contributed by atoms with Crippen LogP contribution < -0.4 is 0 Å². The van der Waals surface area contributed by atoms with Crippen molar-refractivity contribution in [2.45, 2.75) is 19.8 Å². The Morgan fingerprint density at radius 3 is 1.91 bits per heavy atom. The number of hydrogen-bond donors (Lipinski definition) is 0. The summed E-state index contributed by atoms with van der Waals surface area (Å²) in [6, 6.07) is 23.1. The molecule has 2 atom stereocenters. The third-order valence-corrected chi connectivity index (χ3v) is 8.61. The lowest BCUT2D eigenvalue weighted by Crippen LogP contribution is -2.37. The molecule has 232 valence electrons. The molecule has 1 heterocycles. The number of nitro groups is 1. The summed E-state index contributed by atoms with van der Waals surface area (Å²) in [5.41, 5.74) is 1.92. The van der Waals surface area contributed by atoms with Crippen LogP contribution >= 0.6 is 23.5 Å². The molecule has 0 radical (unpaired) electrons. The Morgan fingerprint density at radius 1 is 0.800 bits per heavy atom. The van der Waals surface area contributed by atoms with Gasteiger partial charge in [0.2, 0.25) is 10.2 Å². The molecule has 1 aliphatic rings. The first-order valence-electron chi connectivity index (χ1n) is 14.0. The highest BCUT2D eigenvalue weighted by molar-refractivity contribution is 8.14. The van der Waals surface area contributed by atoms with E-state index in [0.717, 1.165) is 23.5 Å². The summed E-state index contributed by atoms with van der Waals surface area (Å²) in [6.45, 7) is 3.06. The lowest BCUT2D eigenvalue weighted by molar-refractivity contribution is -0.384. The fraction of sp³-hybridized carbons (Fsp3) is 0.242. The number of thioether (sulfide) groups is 2. The number of esters is 2. The number of carbonyl (C=O) groups excluding carboxylic acids is 4. The number of rotatable bonds is 12. The van der Waals surface area contributed by atoms with Gasteiger partial charge in [0, 0.05) is 52.1 Å². The minimum absolute atomic E-state index is 0.0658. The van der Waals surface area contributed by atoms with Crippen molar-refractivity contribution in [3.05, 3.63) is 123 Å². The van der Waals surface area contributed by atoms with E-state index >= 15 is 0 Å². The molecule has 0 aromatic heterocycles. The van der Waals surface area contributed by atoms with Crippen LogP contribution in [0.5, 0.6) is 0 Å². The topological polar surface area (TPSA) is 142 Å². The molecule has 0 N–H and O–H groups in total. The number of aliphatic imine (C=N–C) groups is 1. The van der Waals surface area contributed by atoms with Gasteiger partial charge in [-0.3, -0.25) is 29.5 Å². The molecule has 10 nitrogen and oxygen atoms in total. The average Bonchev–Trinajstić information content (AvgIpc) is 3.05. The second-order valence-corrected chi connectivity index (χ2v) is 12.0. The second-order valence-electron chi connectivity index (χ2n) is 9.87. The van der Waals surface area contributed by atoms with Crippen LogP contribution in [-0.4, -0.2) is 57.5 Å². The molecule has 12 heteroatoms. The lowest BCUT2D eigenvalue weighted by atomic mass is 9.75. The first-order chi connectivity index (χ1) is 21.7. The van der Waals surface area contributed by atoms with Crippen LogP contribution in [0.2, 0.25) is 0 Å². The van der Waals surface area contributed by atoms with Crippen molar-refractivity contribution in [3.63, 3.8) is 0 Å². The van der Waals surface area contributed by atoms with Crippen molar-refractivity contribution >= 4 is 57.1 Å². The maximum absolute atomic E-state index is 13.5. The number of hydrogen-bond acceptors (Lipinski definition) is 11. The van der Waals surface area contributed by atoms with Crippen molar-refractivity contribution in [3.8, 4) is 0 Å². The number of carbonyl (C=O) groups is 4. The predicted octanol–water partition coefficient (Wildman–Crippen LogP) is 6.28. The standard InChI is InChI=1S/C33H30N2O8S2/c1-21-27(30(36)42-16-18-44-32(38)23-10-5-3-6-11-23)29(25-14-9-15-26(20-25)35(40)41)28(22(2)34-21)31(37)43-17-19-45-33(39)24-12-7-4-8-13-24/h3-15,20,27,29H,16-19H2,1-2H3. The second kappa shape index (κ2) is 16.0. The number of benzene rings is 3. The fourth-order valence-corrected chi connectivity index (χ4v) is 6.14. The molecule has 0 spiro atoms. The molecule has 4 rings (SSSR count). The SMILES string of the molecule is CC1=NC(C)=C(C(=O)OCCSC(=O)c2ccccc2)C(c2cccc([N+](=O)[O-])c2)C1C(=O)OCCSC(=O)c1ccccc1. The monoisotopic (exact) mass is 646 g/mol. The molecular weight excluding hydrogens is 617 g/mol. The number of allylic oxidation sites excluding steroid dienone is 1. The van der Waals surface area contributed by atoms with Crippen molar-refractivity contribution in [2.24, 2.45) is 10.9 Å². The zero-order chi connectivity index (χ0) is 32.3. The van der Waals surface area contributed by atoms with Crippen LogP contribution in [0.1, 0.15) is 46.0 Å². The Labute approximate surface area is 268 Å². The van der Waals surface area contributed by atoms with Gasteiger partial charge in [-0.15, -0.1) is 0 Å². The minimum Gasteiger partial charge on any atom is -0.464 e. The van der Waals surface area contributed by atoms with Crippen LogP contribution in [0.3, 0.4) is 0 Å². The van der Waals surface area contributed by atoms with Crippen molar-refractivity contribution in [2.75, 3.05) is 24.7 Å². The van der Waals surface area contributed by atoms with Crippen LogP contribution in [-0.2, 0) is 19.1 Å². The molecule has 3 aromatic carbocycles. The third-order valence-electron chi connectivity index (χ3n) is 6.87. The van der Waals surface area contributed by atoms with Gasteiger partial charge >= 0.3 is 11.9 Å². The van der Waals surface area contributed by atoms with Crippen LogP contribution in [0, 0.1) is 16.0 Å². The molecule has 0 aliphatic carbocycles. The zero-order valence-corrected chi connectivity index (χ0v) is 26.2. The summed E-state index contributed by atoms with van der Waals surface area (Å²) < 4.78 is 11.1. The van der Waals surface area contributed by atoms with Gasteiger partial charge in [-0.25, -0.2) is 4.79 Å². The lowest BCUT2D eigenvalue weighted by Gasteiger charge is -2.31. The fourth-order valence-electron chi connectivity index (χ4n) is 4.83. The normalized spacial score (nSPS) is 16.0. The number of nitrogens with zero attached hydrogens (tertiary/aromatic N) is 2. The van der Waals surface area contributed by atoms with Gasteiger partial charge in [0.25, 0.3) is 5.69 Å². The van der Waals surface area contributed by atoms with Crippen LogP contribution in [0.25, 0.3) is 0 Å². The van der Waals surface area contributed by atoms with Gasteiger partial charge in [0.1, 0.15) is 19.1 Å². The number of nitro benzene ring substituents is 1. The molecule has 3 aromatic rings. The largest absolute Gasteiger partial charge is 0.464 e. The molecule has 0 bridgehead atoms. The van der Waals surface area contributed by atoms with E-state index in [4.69, 9.17) is 9.47 Å². The van der Waals surface area contributed by atoms with Gasteiger partial charge in [-0.1, -0.05) is 96.3 Å². The first kappa shape index (κ1) is 33.3. The molecule has 0 saturated heterocycles. The summed E-state index contributed by atoms with van der Waals surface area (Å²) in [5, 5.41) is 11.3. The molecule has 0 fully saturated rings. The van der Waals surface area contributed by atoms with Crippen molar-refractivity contribution in [1.82, 2.24) is 0 Å². The Kier molecular flexibility index (Phi) is 11.8. The van der Waals surface area contributed by atoms with E-state index < -0.39 is 28.7 Å². The molecule has 2 unspecified atom stereocenters. The number of ether oxygens (including phenoxy) is 2. The highest BCUT2D eigenvalue weighted by Crippen LogP contribution is 2.41. The van der Waals surface area contributed by atoms with E-state index in [0.29, 0.717) is 28.1 Å². The summed E-state index contributed by atoms with van der Waals surface area (Å²) in [4.78, 5) is 67.3. The minimum atomic E-state index is -1.08. The van der Waals surface area contributed by atoms with Crippen molar-refractivity contribution < 1.29 is 33.6 Å². The molecule has 0 saturated carbocycles. The van der Waals surface area contributed by atoms with Gasteiger partial charge < -0.3 is 9.47 Å². The summed E-state index contributed by atoms with van der Waals surface area (Å²) >= 11 is 2.01. The van der Waals surface area contributed by atoms with Gasteiger partial charge in [-0.05, 0) is 19.4 Å². The third kappa shape index (κ3) is 8.77. The Morgan fingerprint density at radius 2 is 1.36 bits per heavy atom. The van der Waals surface area contributed by atoms with E-state index in [1.54, 1.807) is 80.6 Å². The highest BCUT2D eigenvalue weighted by Gasteiger charge is 2.43. The molecule has 1 aliphatic heterocycles. The average molecular weight is 647 g/mol. The van der Waals surface area contributed by atoms with E-state index in [1.165, 1.54) is 18.2 Å². The van der Waals surface area contributed by atoms with Crippen molar-refractivity contribution in [1.29, 1.82) is 0 Å². The Hall–Kier alpha value is -4.55. The quantitative estimate of drug-likeness (QED) is 0.0955. The Balaban J connectivity index is 1.49. The maximum atomic E-state index is 13.5. The van der Waals surface area contributed by atoms with E-state index in [-0.39, 0.29) is 46.2 Å². The van der Waals surface area contributed by atoms with Gasteiger partial charge in [0.05, 0.1) is 10.5 Å². The predicted molar refractivity (Wildman–Crippen MR) is 174 cm³/mol. The van der Waals surface area contributed by atoms with E-state index in [2.05, 4.69) is 4.99 Å². The van der Waals surface area contributed by atoms with Crippen LogP contribution in [0.15, 0.2) is 101 Å². The Bertz CT molecular complexity index is 1640. The zero-order valence-electron chi connectivity index (χ0n) is 24.5. The summed E-state index contributed by atoms with van der Waals surface area (Å²) in [6.07, 6.45) is 0. The van der Waals surface area contributed by atoms with E-state index in [9.17, 15) is 29.3 Å². The summed E-state index contributed by atoms with van der Waals surface area (Å²) in [7, 11) is 0. The smallest absolute Gasteiger partial charge is 0.336 e. The van der Waals surface area contributed by atoms with E-state index in [1.807, 2.05) is 0 Å². The highest BCUT2D eigenvalue weighted by atomic mass is 32.2. The molecular formula is C33H30N2O8S2. The van der Waals surface area contributed by atoms with Gasteiger partial charge in [-0.2, -0.15) is 0 Å². The number of non-ortho nitro benzene ring substituents is 1. The van der Waals surface area contributed by atoms with Crippen LogP contribution in [0.4, 0.5) is 5.69 Å². The molecule has 0 amide bonds. The first-order valence-corrected chi connectivity index (χ1v) is 15.9. The molecule has 45 heavy (non-hydrogen) atoms. The summed E-state index contributed by atoms with van der Waals surface area (Å²) in [5.74, 6) is -3.12.